The molecular weight excluding hydrogens is 381 g/mol. The van der Waals surface area contributed by atoms with Crippen LogP contribution in [0, 0.1) is 0 Å². The zero-order valence-corrected chi connectivity index (χ0v) is 16.8. The number of hydrazone groups is 1. The van der Waals surface area contributed by atoms with Gasteiger partial charge in [0.05, 0.1) is 6.21 Å². The maximum Gasteiger partial charge on any atom is 0.127 e. The second kappa shape index (κ2) is 10.4. The summed E-state index contributed by atoms with van der Waals surface area (Å²) in [5, 5.41) is 17.7. The van der Waals surface area contributed by atoms with Crippen LogP contribution in [-0.2, 0) is 13.0 Å². The number of allylic oxidation sites excluding steroid dienone is 1. The predicted octanol–water partition coefficient (Wildman–Crippen LogP) is 4.35. The fraction of sp³-hybridized carbons (Fsp3) is 0.286. The van der Waals surface area contributed by atoms with Crippen LogP contribution in [0.4, 0.5) is 0 Å². The van der Waals surface area contributed by atoms with Crippen LogP contribution in [0.2, 0.25) is 5.02 Å². The molecule has 1 aliphatic heterocycles. The standard InChI is InChI=1S/C21H24ClN3O.ClH/c1-2-6-17-8-5-9-18(21(17)26)15-23-25-13-11-24(12-14-25)16-19-7-3-4-10-20(19)22;/h2-5,7-10,15,26H,1,6,11-14,16H2;1H/b23-15+;. The number of para-hydroxylation sites is 1. The van der Waals surface area contributed by atoms with Gasteiger partial charge in [-0.25, -0.2) is 0 Å². The van der Waals surface area contributed by atoms with E-state index in [2.05, 4.69) is 22.6 Å². The smallest absolute Gasteiger partial charge is 0.127 e. The number of phenolic OH excluding ortho intramolecular Hbond substituents is 1. The molecule has 0 radical (unpaired) electrons. The first-order valence-electron chi connectivity index (χ1n) is 8.84. The molecule has 0 aromatic heterocycles. The van der Waals surface area contributed by atoms with Gasteiger partial charge in [-0.05, 0) is 29.7 Å². The van der Waals surface area contributed by atoms with E-state index in [4.69, 9.17) is 11.6 Å². The molecule has 1 aliphatic rings. The maximum absolute atomic E-state index is 10.3. The molecule has 3 rings (SSSR count). The van der Waals surface area contributed by atoms with Gasteiger partial charge >= 0.3 is 0 Å². The second-order valence-electron chi connectivity index (χ2n) is 6.41. The number of halogens is 2. The summed E-state index contributed by atoms with van der Waals surface area (Å²) in [6.45, 7) is 8.17. The van der Waals surface area contributed by atoms with Gasteiger partial charge < -0.3 is 5.11 Å². The van der Waals surface area contributed by atoms with E-state index >= 15 is 0 Å². The molecule has 27 heavy (non-hydrogen) atoms. The number of benzene rings is 2. The number of rotatable bonds is 6. The summed E-state index contributed by atoms with van der Waals surface area (Å²) in [5.74, 6) is 0.286. The first-order valence-corrected chi connectivity index (χ1v) is 9.21. The number of phenols is 1. The number of hydrogen-bond donors (Lipinski definition) is 1. The lowest BCUT2D eigenvalue weighted by Crippen LogP contribution is -2.43. The molecule has 0 spiro atoms. The molecule has 0 amide bonds. The van der Waals surface area contributed by atoms with Gasteiger partial charge in [0.2, 0.25) is 0 Å². The third-order valence-corrected chi connectivity index (χ3v) is 4.94. The summed E-state index contributed by atoms with van der Waals surface area (Å²) in [7, 11) is 0. The van der Waals surface area contributed by atoms with E-state index in [0.29, 0.717) is 6.42 Å². The minimum absolute atomic E-state index is 0. The summed E-state index contributed by atoms with van der Waals surface area (Å²) in [4.78, 5) is 2.38. The Labute approximate surface area is 172 Å². The molecule has 0 aliphatic carbocycles. The van der Waals surface area contributed by atoms with Crippen LogP contribution in [-0.4, -0.2) is 47.4 Å². The molecule has 1 fully saturated rings. The Hall–Kier alpha value is -2.01. The molecule has 2 aromatic carbocycles. The molecule has 0 atom stereocenters. The van der Waals surface area contributed by atoms with E-state index in [1.807, 2.05) is 41.4 Å². The minimum Gasteiger partial charge on any atom is -0.507 e. The van der Waals surface area contributed by atoms with Gasteiger partial charge in [0.1, 0.15) is 5.75 Å². The van der Waals surface area contributed by atoms with Crippen molar-refractivity contribution in [2.24, 2.45) is 5.10 Å². The molecule has 1 saturated heterocycles. The highest BCUT2D eigenvalue weighted by atomic mass is 35.5. The van der Waals surface area contributed by atoms with Crippen molar-refractivity contribution in [2.75, 3.05) is 26.2 Å². The third-order valence-electron chi connectivity index (χ3n) is 4.58. The molecular formula is C21H25Cl2N3O. The van der Waals surface area contributed by atoms with E-state index in [0.717, 1.165) is 54.4 Å². The molecule has 144 valence electrons. The summed E-state index contributed by atoms with van der Waals surface area (Å²) < 4.78 is 0. The number of piperazine rings is 1. The minimum atomic E-state index is 0. The van der Waals surface area contributed by atoms with Gasteiger partial charge in [0.25, 0.3) is 0 Å². The molecule has 1 N–H and O–H groups in total. The van der Waals surface area contributed by atoms with Crippen molar-refractivity contribution in [1.82, 2.24) is 9.91 Å². The van der Waals surface area contributed by atoms with Gasteiger partial charge in [-0.2, -0.15) is 5.10 Å². The lowest BCUT2D eigenvalue weighted by atomic mass is 10.1. The average Bonchev–Trinajstić information content (AvgIpc) is 2.66. The fourth-order valence-electron chi connectivity index (χ4n) is 3.06. The highest BCUT2D eigenvalue weighted by Gasteiger charge is 2.16. The zero-order chi connectivity index (χ0) is 18.4. The highest BCUT2D eigenvalue weighted by Crippen LogP contribution is 2.22. The number of nitrogens with zero attached hydrogens (tertiary/aromatic N) is 3. The van der Waals surface area contributed by atoms with Crippen LogP contribution in [0.25, 0.3) is 0 Å². The highest BCUT2D eigenvalue weighted by molar-refractivity contribution is 6.31. The third kappa shape index (κ3) is 5.73. The summed E-state index contributed by atoms with van der Waals surface area (Å²) in [6, 6.07) is 13.7. The fourth-order valence-corrected chi connectivity index (χ4v) is 3.25. The largest absolute Gasteiger partial charge is 0.507 e. The van der Waals surface area contributed by atoms with Crippen molar-refractivity contribution in [1.29, 1.82) is 0 Å². The molecule has 0 unspecified atom stereocenters. The first-order chi connectivity index (χ1) is 12.7. The zero-order valence-electron chi connectivity index (χ0n) is 15.2. The predicted molar refractivity (Wildman–Crippen MR) is 115 cm³/mol. The Balaban J connectivity index is 0.00000261. The number of aromatic hydroxyl groups is 1. The van der Waals surface area contributed by atoms with E-state index in [9.17, 15) is 5.11 Å². The van der Waals surface area contributed by atoms with E-state index in [-0.39, 0.29) is 18.2 Å². The number of hydrogen-bond acceptors (Lipinski definition) is 4. The van der Waals surface area contributed by atoms with Crippen LogP contribution in [0.5, 0.6) is 5.75 Å². The average molecular weight is 406 g/mol. The van der Waals surface area contributed by atoms with E-state index < -0.39 is 0 Å². The summed E-state index contributed by atoms with van der Waals surface area (Å²) in [5.41, 5.74) is 2.77. The van der Waals surface area contributed by atoms with E-state index in [1.165, 1.54) is 0 Å². The van der Waals surface area contributed by atoms with Crippen molar-refractivity contribution in [3.63, 3.8) is 0 Å². The van der Waals surface area contributed by atoms with Crippen LogP contribution in [0.3, 0.4) is 0 Å². The van der Waals surface area contributed by atoms with Gasteiger partial charge in [-0.1, -0.05) is 48.0 Å². The topological polar surface area (TPSA) is 39.1 Å². The van der Waals surface area contributed by atoms with Crippen molar-refractivity contribution < 1.29 is 5.11 Å². The molecule has 1 heterocycles. The van der Waals surface area contributed by atoms with Crippen LogP contribution < -0.4 is 0 Å². The summed E-state index contributed by atoms with van der Waals surface area (Å²) >= 11 is 6.25. The van der Waals surface area contributed by atoms with Crippen LogP contribution in [0.15, 0.2) is 60.2 Å². The van der Waals surface area contributed by atoms with Crippen molar-refractivity contribution in [2.45, 2.75) is 13.0 Å². The molecule has 6 heteroatoms. The Morgan fingerprint density at radius 3 is 2.44 bits per heavy atom. The monoisotopic (exact) mass is 405 g/mol. The molecule has 0 saturated carbocycles. The Kier molecular flexibility index (Phi) is 8.17. The Bertz CT molecular complexity index is 787. The molecule has 2 aromatic rings. The van der Waals surface area contributed by atoms with Gasteiger partial charge in [-0.3, -0.25) is 9.91 Å². The first kappa shape index (κ1) is 21.3. The van der Waals surface area contributed by atoms with Gasteiger partial charge in [-0.15, -0.1) is 19.0 Å². The molecule has 4 nitrogen and oxygen atoms in total. The Morgan fingerprint density at radius 2 is 1.74 bits per heavy atom. The summed E-state index contributed by atoms with van der Waals surface area (Å²) in [6.07, 6.45) is 4.17. The van der Waals surface area contributed by atoms with E-state index in [1.54, 1.807) is 12.3 Å². The van der Waals surface area contributed by atoms with Gasteiger partial charge in [0.15, 0.2) is 0 Å². The van der Waals surface area contributed by atoms with Crippen molar-refractivity contribution >= 4 is 30.2 Å². The maximum atomic E-state index is 10.3. The van der Waals surface area contributed by atoms with Crippen LogP contribution in [0.1, 0.15) is 16.7 Å². The van der Waals surface area contributed by atoms with Gasteiger partial charge in [0, 0.05) is 43.3 Å². The van der Waals surface area contributed by atoms with Crippen molar-refractivity contribution in [3.05, 3.63) is 76.8 Å². The lowest BCUT2D eigenvalue weighted by Gasteiger charge is -2.33. The quantitative estimate of drug-likeness (QED) is 0.573. The normalized spacial score (nSPS) is 14.9. The van der Waals surface area contributed by atoms with Crippen LogP contribution >= 0.6 is 24.0 Å². The second-order valence-corrected chi connectivity index (χ2v) is 6.82. The Morgan fingerprint density at radius 1 is 1.04 bits per heavy atom. The SMILES string of the molecule is C=CCc1cccc(/C=N/N2CCN(Cc3ccccc3Cl)CC2)c1O.Cl. The van der Waals surface area contributed by atoms with Crippen molar-refractivity contribution in [3.8, 4) is 5.75 Å². The lowest BCUT2D eigenvalue weighted by molar-refractivity contribution is 0.131. The molecule has 0 bridgehead atoms.